The molecule has 0 aliphatic carbocycles. The zero-order valence-electron chi connectivity index (χ0n) is 8.71. The van der Waals surface area contributed by atoms with E-state index in [1.807, 2.05) is 12.2 Å². The number of allylic oxidation sites excluding steroid dienone is 2. The van der Waals surface area contributed by atoms with E-state index in [0.717, 1.165) is 19.3 Å². The molecule has 0 saturated carbocycles. The summed E-state index contributed by atoms with van der Waals surface area (Å²) in [5, 5.41) is 9.49. The highest BCUT2D eigenvalue weighted by Gasteiger charge is 1.99. The second-order valence-electron chi connectivity index (χ2n) is 3.40. The molecule has 0 radical (unpaired) electrons. The molecule has 0 amide bonds. The minimum absolute atomic E-state index is 0.159. The average Bonchev–Trinajstić information content (AvgIpc) is 2.13. The van der Waals surface area contributed by atoms with Gasteiger partial charge in [0.05, 0.1) is 6.10 Å². The molecule has 0 spiro atoms. The van der Waals surface area contributed by atoms with E-state index in [0.29, 0.717) is 0 Å². The monoisotopic (exact) mass is 182 g/mol. The molecule has 1 nitrogen and oxygen atoms in total. The summed E-state index contributed by atoms with van der Waals surface area (Å²) in [6, 6.07) is 0. The minimum atomic E-state index is -0.159. The molecule has 0 aromatic heterocycles. The molecule has 0 fully saturated rings. The van der Waals surface area contributed by atoms with E-state index in [4.69, 9.17) is 0 Å². The molecule has 0 aromatic rings. The maximum absolute atomic E-state index is 9.49. The first-order valence-corrected chi connectivity index (χ1v) is 5.26. The third-order valence-electron chi connectivity index (χ3n) is 2.07. The van der Waals surface area contributed by atoms with Crippen LogP contribution in [0.4, 0.5) is 0 Å². The Kier molecular flexibility index (Phi) is 9.12. The van der Waals surface area contributed by atoms with Crippen LogP contribution in [0.25, 0.3) is 0 Å². The summed E-state index contributed by atoms with van der Waals surface area (Å²) in [7, 11) is 0. The molecule has 0 heterocycles. The maximum Gasteiger partial charge on any atom is 0.0574 e. The maximum atomic E-state index is 9.49. The van der Waals surface area contributed by atoms with Gasteiger partial charge in [0.25, 0.3) is 0 Å². The Morgan fingerprint density at radius 2 is 2.08 bits per heavy atom. The third kappa shape index (κ3) is 9.35. The van der Waals surface area contributed by atoms with Crippen molar-refractivity contribution in [2.75, 3.05) is 0 Å². The van der Waals surface area contributed by atoms with E-state index >= 15 is 0 Å². The molecule has 0 aliphatic rings. The van der Waals surface area contributed by atoms with Crippen LogP contribution in [0.5, 0.6) is 0 Å². The summed E-state index contributed by atoms with van der Waals surface area (Å²) in [5.74, 6) is 0. The van der Waals surface area contributed by atoms with Gasteiger partial charge in [-0.2, -0.15) is 0 Å². The van der Waals surface area contributed by atoms with Crippen LogP contribution in [0.3, 0.4) is 0 Å². The molecule has 0 bridgehead atoms. The zero-order chi connectivity index (χ0) is 9.94. The van der Waals surface area contributed by atoms with Crippen LogP contribution in [0.1, 0.15) is 45.4 Å². The second kappa shape index (κ2) is 9.53. The number of hydrogen-bond acceptors (Lipinski definition) is 1. The number of aliphatic hydroxyl groups is 1. The standard InChI is InChI=1S/C12H22O/c1-3-5-7-9-11-12(13)10-8-6-4-2/h4,6,8,12-13H,2-3,5,7,9-11H2,1H3. The van der Waals surface area contributed by atoms with Gasteiger partial charge in [-0.25, -0.2) is 0 Å². The zero-order valence-corrected chi connectivity index (χ0v) is 8.71. The average molecular weight is 182 g/mol. The van der Waals surface area contributed by atoms with Gasteiger partial charge in [-0.05, 0) is 12.8 Å². The van der Waals surface area contributed by atoms with Crippen LogP contribution in [-0.4, -0.2) is 11.2 Å². The summed E-state index contributed by atoms with van der Waals surface area (Å²) >= 11 is 0. The fourth-order valence-corrected chi connectivity index (χ4v) is 1.26. The first kappa shape index (κ1) is 12.4. The lowest BCUT2D eigenvalue weighted by Gasteiger charge is -2.06. The van der Waals surface area contributed by atoms with E-state index < -0.39 is 0 Å². The van der Waals surface area contributed by atoms with Gasteiger partial charge in [-0.15, -0.1) is 0 Å². The van der Waals surface area contributed by atoms with Crippen molar-refractivity contribution in [3.8, 4) is 0 Å². The highest BCUT2D eigenvalue weighted by Crippen LogP contribution is 2.08. The summed E-state index contributed by atoms with van der Waals surface area (Å²) in [4.78, 5) is 0. The highest BCUT2D eigenvalue weighted by atomic mass is 16.3. The smallest absolute Gasteiger partial charge is 0.0574 e. The normalized spacial score (nSPS) is 13.4. The molecule has 76 valence electrons. The van der Waals surface area contributed by atoms with Crippen molar-refractivity contribution in [1.82, 2.24) is 0 Å². The largest absolute Gasteiger partial charge is 0.393 e. The van der Waals surface area contributed by atoms with Gasteiger partial charge in [-0.1, -0.05) is 57.4 Å². The quantitative estimate of drug-likeness (QED) is 0.450. The number of aliphatic hydroxyl groups excluding tert-OH is 1. The summed E-state index contributed by atoms with van der Waals surface area (Å²) < 4.78 is 0. The molecule has 0 aliphatic heterocycles. The number of rotatable bonds is 8. The molecule has 0 saturated heterocycles. The van der Waals surface area contributed by atoms with Gasteiger partial charge in [0.2, 0.25) is 0 Å². The lowest BCUT2D eigenvalue weighted by atomic mass is 10.1. The Bertz CT molecular complexity index is 138. The molecular weight excluding hydrogens is 160 g/mol. The topological polar surface area (TPSA) is 20.2 Å². The Labute approximate surface area is 82.2 Å². The summed E-state index contributed by atoms with van der Waals surface area (Å²) in [5.41, 5.74) is 0. The van der Waals surface area contributed by atoms with Crippen LogP contribution in [0.15, 0.2) is 24.8 Å². The lowest BCUT2D eigenvalue weighted by Crippen LogP contribution is -2.04. The third-order valence-corrected chi connectivity index (χ3v) is 2.07. The molecule has 1 N–H and O–H groups in total. The molecule has 0 aromatic carbocycles. The first-order chi connectivity index (χ1) is 6.31. The van der Waals surface area contributed by atoms with Gasteiger partial charge in [0.1, 0.15) is 0 Å². The van der Waals surface area contributed by atoms with E-state index in [1.54, 1.807) is 6.08 Å². The molecule has 0 rings (SSSR count). The predicted octanol–water partition coefficient (Wildman–Crippen LogP) is 3.45. The van der Waals surface area contributed by atoms with E-state index in [2.05, 4.69) is 13.5 Å². The Balaban J connectivity index is 3.24. The Morgan fingerprint density at radius 3 is 2.69 bits per heavy atom. The molecule has 1 atom stereocenters. The fourth-order valence-electron chi connectivity index (χ4n) is 1.26. The van der Waals surface area contributed by atoms with Crippen molar-refractivity contribution in [2.24, 2.45) is 0 Å². The van der Waals surface area contributed by atoms with Crippen LogP contribution < -0.4 is 0 Å². The summed E-state index contributed by atoms with van der Waals surface area (Å²) in [6.45, 7) is 5.77. The minimum Gasteiger partial charge on any atom is -0.393 e. The summed E-state index contributed by atoms with van der Waals surface area (Å²) in [6.07, 6.45) is 12.1. The first-order valence-electron chi connectivity index (χ1n) is 5.26. The fraction of sp³-hybridized carbons (Fsp3) is 0.667. The van der Waals surface area contributed by atoms with Crippen molar-refractivity contribution in [2.45, 2.75) is 51.6 Å². The number of unbranched alkanes of at least 4 members (excludes halogenated alkanes) is 3. The van der Waals surface area contributed by atoms with Crippen molar-refractivity contribution >= 4 is 0 Å². The highest BCUT2D eigenvalue weighted by molar-refractivity contribution is 4.97. The van der Waals surface area contributed by atoms with Gasteiger partial charge in [0.15, 0.2) is 0 Å². The van der Waals surface area contributed by atoms with E-state index in [1.165, 1.54) is 19.3 Å². The van der Waals surface area contributed by atoms with Gasteiger partial charge < -0.3 is 5.11 Å². The van der Waals surface area contributed by atoms with Crippen molar-refractivity contribution in [3.05, 3.63) is 24.8 Å². The SMILES string of the molecule is C=CC=CCC(O)CCCCCC. The van der Waals surface area contributed by atoms with Crippen molar-refractivity contribution in [3.63, 3.8) is 0 Å². The van der Waals surface area contributed by atoms with Crippen LogP contribution in [0, 0.1) is 0 Å². The van der Waals surface area contributed by atoms with Crippen LogP contribution in [0.2, 0.25) is 0 Å². The van der Waals surface area contributed by atoms with Crippen LogP contribution >= 0.6 is 0 Å². The Hall–Kier alpha value is -0.560. The molecule has 1 unspecified atom stereocenters. The Morgan fingerprint density at radius 1 is 1.31 bits per heavy atom. The van der Waals surface area contributed by atoms with Crippen molar-refractivity contribution < 1.29 is 5.11 Å². The van der Waals surface area contributed by atoms with E-state index in [9.17, 15) is 5.11 Å². The van der Waals surface area contributed by atoms with Crippen LogP contribution in [-0.2, 0) is 0 Å². The molecular formula is C12H22O. The van der Waals surface area contributed by atoms with E-state index in [-0.39, 0.29) is 6.10 Å². The van der Waals surface area contributed by atoms with Gasteiger partial charge >= 0.3 is 0 Å². The predicted molar refractivity (Wildman–Crippen MR) is 58.7 cm³/mol. The second-order valence-corrected chi connectivity index (χ2v) is 3.40. The van der Waals surface area contributed by atoms with Crippen molar-refractivity contribution in [1.29, 1.82) is 0 Å². The van der Waals surface area contributed by atoms with Gasteiger partial charge in [-0.3, -0.25) is 0 Å². The molecule has 13 heavy (non-hydrogen) atoms. The van der Waals surface area contributed by atoms with Gasteiger partial charge in [0, 0.05) is 0 Å². The molecule has 1 heteroatoms. The number of hydrogen-bond donors (Lipinski definition) is 1. The lowest BCUT2D eigenvalue weighted by molar-refractivity contribution is 0.164.